The van der Waals surface area contributed by atoms with E-state index in [0.717, 1.165) is 64.2 Å². The SMILES string of the molecule is CCCCCNC(=O)COCCOCCNC(=O)COCCOCCNC(=O)CCCNC(=O)CCC(NC(=O)CCCNC(=O)CCCCCCCCCCCCCCCCC(=O)O)C(=O)O. The van der Waals surface area contributed by atoms with Crippen molar-refractivity contribution in [3.8, 4) is 0 Å². The zero-order chi connectivity index (χ0) is 50.1. The highest BCUT2D eigenvalue weighted by molar-refractivity contribution is 5.84. The van der Waals surface area contributed by atoms with Crippen LogP contribution in [0.5, 0.6) is 0 Å². The summed E-state index contributed by atoms with van der Waals surface area (Å²) in [4.78, 5) is 94.6. The topological polar surface area (TPSA) is 286 Å². The van der Waals surface area contributed by atoms with Gasteiger partial charge in [0.05, 0.1) is 39.6 Å². The zero-order valence-corrected chi connectivity index (χ0v) is 41.2. The summed E-state index contributed by atoms with van der Waals surface area (Å²) in [5.41, 5.74) is 0. The van der Waals surface area contributed by atoms with Crippen LogP contribution in [0.3, 0.4) is 0 Å². The number of ether oxygens (including phenoxy) is 4. The Hall–Kier alpha value is -4.40. The molecule has 6 amide bonds. The molecule has 0 bridgehead atoms. The van der Waals surface area contributed by atoms with Crippen molar-refractivity contribution in [2.45, 2.75) is 173 Å². The van der Waals surface area contributed by atoms with Crippen LogP contribution in [0.4, 0.5) is 0 Å². The molecule has 1 atom stereocenters. The van der Waals surface area contributed by atoms with Gasteiger partial charge < -0.3 is 61.1 Å². The fourth-order valence-corrected chi connectivity index (χ4v) is 6.70. The second kappa shape index (κ2) is 47.7. The Labute approximate surface area is 405 Å². The lowest BCUT2D eigenvalue weighted by Gasteiger charge is -2.14. The molecule has 0 heterocycles. The summed E-state index contributed by atoms with van der Waals surface area (Å²) in [5.74, 6) is -3.58. The first-order valence-corrected chi connectivity index (χ1v) is 25.3. The number of hydrogen-bond acceptors (Lipinski definition) is 12. The number of aliphatic carboxylic acids is 2. The van der Waals surface area contributed by atoms with Crippen molar-refractivity contribution in [3.05, 3.63) is 0 Å². The molecule has 0 aliphatic heterocycles. The van der Waals surface area contributed by atoms with E-state index >= 15 is 0 Å². The number of hydrogen-bond donors (Lipinski definition) is 8. The Morgan fingerprint density at radius 3 is 1.21 bits per heavy atom. The number of carbonyl (C=O) groups excluding carboxylic acids is 6. The molecule has 0 aromatic carbocycles. The van der Waals surface area contributed by atoms with Crippen molar-refractivity contribution in [1.82, 2.24) is 31.9 Å². The highest BCUT2D eigenvalue weighted by atomic mass is 16.5. The number of rotatable bonds is 50. The molecule has 68 heavy (non-hydrogen) atoms. The van der Waals surface area contributed by atoms with Crippen LogP contribution in [-0.4, -0.2) is 149 Å². The summed E-state index contributed by atoms with van der Waals surface area (Å²) in [7, 11) is 0. The van der Waals surface area contributed by atoms with E-state index in [1.54, 1.807) is 0 Å². The molecule has 0 rings (SSSR count). The highest BCUT2D eigenvalue weighted by Gasteiger charge is 2.21. The monoisotopic (exact) mass is 973 g/mol. The number of unbranched alkanes of at least 4 members (excludes halogenated alkanes) is 15. The van der Waals surface area contributed by atoms with E-state index in [1.165, 1.54) is 44.9 Å². The van der Waals surface area contributed by atoms with Crippen LogP contribution in [0, 0.1) is 0 Å². The zero-order valence-electron chi connectivity index (χ0n) is 41.2. The third kappa shape index (κ3) is 46.7. The molecule has 20 nitrogen and oxygen atoms in total. The lowest BCUT2D eigenvalue weighted by Crippen LogP contribution is -2.41. The van der Waals surface area contributed by atoms with Crippen LogP contribution in [0.25, 0.3) is 0 Å². The van der Waals surface area contributed by atoms with Crippen molar-refractivity contribution in [2.75, 3.05) is 85.6 Å². The van der Waals surface area contributed by atoms with Gasteiger partial charge in [-0.3, -0.25) is 33.6 Å². The highest BCUT2D eigenvalue weighted by Crippen LogP contribution is 2.14. The molecule has 0 aromatic rings. The number of carboxylic acids is 2. The van der Waals surface area contributed by atoms with Gasteiger partial charge in [0.1, 0.15) is 19.3 Å². The second-order valence-corrected chi connectivity index (χ2v) is 16.8. The predicted octanol–water partition coefficient (Wildman–Crippen LogP) is 4.06. The van der Waals surface area contributed by atoms with Crippen LogP contribution < -0.4 is 31.9 Å². The van der Waals surface area contributed by atoms with Crippen molar-refractivity contribution >= 4 is 47.4 Å². The second-order valence-electron chi connectivity index (χ2n) is 16.8. The van der Waals surface area contributed by atoms with E-state index in [2.05, 4.69) is 38.8 Å². The summed E-state index contributed by atoms with van der Waals surface area (Å²) < 4.78 is 21.3. The summed E-state index contributed by atoms with van der Waals surface area (Å²) in [6.45, 7) is 5.22. The molecule has 8 N–H and O–H groups in total. The maximum absolute atomic E-state index is 12.4. The van der Waals surface area contributed by atoms with Gasteiger partial charge in [0.25, 0.3) is 0 Å². The lowest BCUT2D eigenvalue weighted by atomic mass is 10.0. The van der Waals surface area contributed by atoms with Crippen molar-refractivity contribution in [1.29, 1.82) is 0 Å². The van der Waals surface area contributed by atoms with Gasteiger partial charge in [-0.05, 0) is 38.5 Å². The van der Waals surface area contributed by atoms with Crippen LogP contribution in [0.15, 0.2) is 0 Å². The van der Waals surface area contributed by atoms with Crippen LogP contribution >= 0.6 is 0 Å². The number of carboxylic acid groups (broad SMARTS) is 2. The van der Waals surface area contributed by atoms with Crippen molar-refractivity contribution < 1.29 is 67.5 Å². The predicted molar refractivity (Wildman–Crippen MR) is 257 cm³/mol. The van der Waals surface area contributed by atoms with E-state index in [4.69, 9.17) is 24.1 Å². The number of nitrogens with one attached hydrogen (secondary N) is 6. The molecule has 0 fully saturated rings. The van der Waals surface area contributed by atoms with Gasteiger partial charge >= 0.3 is 11.9 Å². The maximum atomic E-state index is 12.4. The molecule has 0 aromatic heterocycles. The lowest BCUT2D eigenvalue weighted by molar-refractivity contribution is -0.142. The Morgan fingerprint density at radius 1 is 0.368 bits per heavy atom. The average Bonchev–Trinajstić information content (AvgIpc) is 3.30. The number of carbonyl (C=O) groups is 8. The normalized spacial score (nSPS) is 11.4. The van der Waals surface area contributed by atoms with Crippen molar-refractivity contribution in [3.63, 3.8) is 0 Å². The quantitative estimate of drug-likeness (QED) is 0.0400. The molecule has 394 valence electrons. The van der Waals surface area contributed by atoms with E-state index in [0.29, 0.717) is 52.1 Å². The minimum absolute atomic E-state index is 0.0129. The van der Waals surface area contributed by atoms with E-state index in [9.17, 15) is 43.5 Å². The molecular formula is C48H88N6O14. The molecule has 0 aliphatic rings. The van der Waals surface area contributed by atoms with Gasteiger partial charge in [-0.1, -0.05) is 96.8 Å². The summed E-state index contributed by atoms with van der Waals surface area (Å²) in [6, 6.07) is -1.23. The average molecular weight is 973 g/mol. The standard InChI is InChI=1S/C48H88N6O14/c1-2-3-18-27-51-45(59)38-67-36-35-66-33-31-53-46(60)39-68-37-34-65-32-30-52-42(56)22-19-28-50-43(57)26-25-40(48(63)64)54-44(58)23-20-29-49-41(55)21-16-14-12-10-8-6-4-5-7-9-11-13-15-17-24-47(61)62/h40H,2-39H2,1H3,(H,49,55)(H,50,57)(H,51,59)(H,52,56)(H,53,60)(H,54,58)(H,61,62)(H,63,64). The third-order valence-electron chi connectivity index (χ3n) is 10.6. The largest absolute Gasteiger partial charge is 0.481 e. The van der Waals surface area contributed by atoms with Gasteiger partial charge in [-0.25, -0.2) is 4.79 Å². The van der Waals surface area contributed by atoms with Crippen molar-refractivity contribution in [2.24, 2.45) is 0 Å². The van der Waals surface area contributed by atoms with Gasteiger partial charge in [0, 0.05) is 64.8 Å². The first-order valence-electron chi connectivity index (χ1n) is 25.3. The molecule has 1 unspecified atom stereocenters. The fraction of sp³-hybridized carbons (Fsp3) is 0.833. The van der Waals surface area contributed by atoms with Crippen LogP contribution in [-0.2, 0) is 57.3 Å². The fourth-order valence-electron chi connectivity index (χ4n) is 6.70. The Morgan fingerprint density at radius 2 is 0.735 bits per heavy atom. The smallest absolute Gasteiger partial charge is 0.326 e. The molecule has 0 radical (unpaired) electrons. The molecular weight excluding hydrogens is 885 g/mol. The van der Waals surface area contributed by atoms with Crippen LogP contribution in [0.1, 0.15) is 167 Å². The summed E-state index contributed by atoms with van der Waals surface area (Å²) in [6.07, 6.45) is 20.1. The van der Waals surface area contributed by atoms with Gasteiger partial charge in [0.2, 0.25) is 35.4 Å². The molecule has 20 heteroatoms. The third-order valence-corrected chi connectivity index (χ3v) is 10.6. The van der Waals surface area contributed by atoms with Crippen LogP contribution in [0.2, 0.25) is 0 Å². The first-order chi connectivity index (χ1) is 32.9. The maximum Gasteiger partial charge on any atom is 0.326 e. The summed E-state index contributed by atoms with van der Waals surface area (Å²) in [5, 5.41) is 34.3. The van der Waals surface area contributed by atoms with E-state index < -0.39 is 29.8 Å². The molecule has 0 aliphatic carbocycles. The van der Waals surface area contributed by atoms with E-state index in [1.807, 2.05) is 0 Å². The Kier molecular flexibility index (Phi) is 44.6. The molecule has 0 spiro atoms. The van der Waals surface area contributed by atoms with Gasteiger partial charge in [-0.2, -0.15) is 0 Å². The van der Waals surface area contributed by atoms with E-state index in [-0.39, 0.29) is 108 Å². The number of amides is 6. The van der Waals surface area contributed by atoms with Gasteiger partial charge in [0.15, 0.2) is 0 Å². The Bertz CT molecular complexity index is 1360. The minimum Gasteiger partial charge on any atom is -0.481 e. The first kappa shape index (κ1) is 63.6. The van der Waals surface area contributed by atoms with Gasteiger partial charge in [-0.15, -0.1) is 0 Å². The Balaban J connectivity index is 3.71. The molecule has 0 saturated heterocycles. The molecule has 0 saturated carbocycles. The minimum atomic E-state index is -1.25. The summed E-state index contributed by atoms with van der Waals surface area (Å²) >= 11 is 0.